The molecule has 0 unspecified atom stereocenters. The molecule has 20 heavy (non-hydrogen) atoms. The first-order valence-corrected chi connectivity index (χ1v) is 6.83. The quantitative estimate of drug-likeness (QED) is 0.744. The van der Waals surface area contributed by atoms with Gasteiger partial charge in [-0.25, -0.2) is 4.79 Å². The van der Waals surface area contributed by atoms with Gasteiger partial charge in [-0.1, -0.05) is 6.92 Å². The molecule has 0 saturated heterocycles. The fourth-order valence-electron chi connectivity index (χ4n) is 2.73. The monoisotopic (exact) mass is 271 g/mol. The van der Waals surface area contributed by atoms with E-state index >= 15 is 0 Å². The number of hydrogen-bond donors (Lipinski definition) is 1. The molecule has 2 heterocycles. The number of nitrogens with two attached hydrogens (primary N) is 1. The zero-order chi connectivity index (χ0) is 14.3. The van der Waals surface area contributed by atoms with Crippen molar-refractivity contribution >= 4 is 21.9 Å². The second-order valence-electron chi connectivity index (χ2n) is 4.99. The maximum Gasteiger partial charge on any atom is 0.336 e. The fraction of sp³-hybridized carbons (Fsp3) is 0.312. The fourth-order valence-corrected chi connectivity index (χ4v) is 2.73. The first-order valence-electron chi connectivity index (χ1n) is 6.83. The van der Waals surface area contributed by atoms with E-state index in [0.717, 1.165) is 40.5 Å². The lowest BCUT2D eigenvalue weighted by atomic mass is 10.0. The summed E-state index contributed by atoms with van der Waals surface area (Å²) in [5.74, 6) is 0.931. The highest BCUT2D eigenvalue weighted by atomic mass is 16.4. The Morgan fingerprint density at radius 1 is 1.10 bits per heavy atom. The molecule has 0 saturated carbocycles. The molecule has 104 valence electrons. The second kappa shape index (κ2) is 4.80. The third-order valence-corrected chi connectivity index (χ3v) is 3.67. The Morgan fingerprint density at radius 2 is 1.85 bits per heavy atom. The van der Waals surface area contributed by atoms with Gasteiger partial charge < -0.3 is 14.6 Å². The molecular formula is C16H17NO3. The summed E-state index contributed by atoms with van der Waals surface area (Å²) < 4.78 is 11.1. The van der Waals surface area contributed by atoms with Gasteiger partial charge >= 0.3 is 5.63 Å². The normalized spacial score (nSPS) is 11.6. The van der Waals surface area contributed by atoms with Crippen LogP contribution in [0.1, 0.15) is 23.8 Å². The van der Waals surface area contributed by atoms with Crippen molar-refractivity contribution in [3.8, 4) is 0 Å². The van der Waals surface area contributed by atoms with Crippen molar-refractivity contribution in [3.63, 3.8) is 0 Å². The first-order chi connectivity index (χ1) is 9.63. The Morgan fingerprint density at radius 3 is 2.55 bits per heavy atom. The molecule has 0 aliphatic rings. The maximum absolute atomic E-state index is 11.5. The molecule has 4 heteroatoms. The summed E-state index contributed by atoms with van der Waals surface area (Å²) in [4.78, 5) is 11.5. The van der Waals surface area contributed by atoms with Crippen molar-refractivity contribution in [2.45, 2.75) is 26.7 Å². The van der Waals surface area contributed by atoms with Gasteiger partial charge in [0.05, 0.1) is 0 Å². The molecule has 2 aromatic heterocycles. The van der Waals surface area contributed by atoms with Gasteiger partial charge in [0.15, 0.2) is 0 Å². The van der Waals surface area contributed by atoms with Gasteiger partial charge in [-0.2, -0.15) is 0 Å². The van der Waals surface area contributed by atoms with Gasteiger partial charge in [0, 0.05) is 34.9 Å². The van der Waals surface area contributed by atoms with Crippen LogP contribution in [0.5, 0.6) is 0 Å². The van der Waals surface area contributed by atoms with Gasteiger partial charge in [0.1, 0.15) is 16.9 Å². The van der Waals surface area contributed by atoms with Crippen LogP contribution in [0.25, 0.3) is 21.9 Å². The van der Waals surface area contributed by atoms with Gasteiger partial charge in [-0.05, 0) is 31.5 Å². The largest absolute Gasteiger partial charge is 0.461 e. The predicted molar refractivity (Wildman–Crippen MR) is 79.1 cm³/mol. The Kier molecular flexibility index (Phi) is 3.10. The van der Waals surface area contributed by atoms with Crippen molar-refractivity contribution in [2.75, 3.05) is 6.54 Å². The summed E-state index contributed by atoms with van der Waals surface area (Å²) in [7, 11) is 0. The minimum Gasteiger partial charge on any atom is -0.461 e. The number of benzene rings is 1. The van der Waals surface area contributed by atoms with E-state index in [-0.39, 0.29) is 5.63 Å². The van der Waals surface area contributed by atoms with Crippen LogP contribution in [0, 0.1) is 6.92 Å². The summed E-state index contributed by atoms with van der Waals surface area (Å²) in [5.41, 5.74) is 8.73. The van der Waals surface area contributed by atoms with E-state index < -0.39 is 0 Å². The van der Waals surface area contributed by atoms with E-state index in [2.05, 4.69) is 6.92 Å². The van der Waals surface area contributed by atoms with E-state index in [1.807, 2.05) is 13.0 Å². The molecule has 3 aromatic rings. The van der Waals surface area contributed by atoms with E-state index in [9.17, 15) is 4.79 Å². The van der Waals surface area contributed by atoms with Gasteiger partial charge in [0.2, 0.25) is 0 Å². The predicted octanol–water partition coefficient (Wildman–Crippen LogP) is 2.91. The minimum atomic E-state index is -0.334. The lowest BCUT2D eigenvalue weighted by Gasteiger charge is -2.01. The van der Waals surface area contributed by atoms with Crippen molar-refractivity contribution in [1.82, 2.24) is 0 Å². The maximum atomic E-state index is 11.5. The van der Waals surface area contributed by atoms with Crippen LogP contribution >= 0.6 is 0 Å². The molecule has 0 atom stereocenters. The number of fused-ring (bicyclic) bond motifs is 2. The van der Waals surface area contributed by atoms with Crippen LogP contribution in [-0.4, -0.2) is 6.54 Å². The minimum absolute atomic E-state index is 0.334. The molecule has 0 aliphatic heterocycles. The molecule has 0 spiro atoms. The Labute approximate surface area is 116 Å². The van der Waals surface area contributed by atoms with E-state index in [1.165, 1.54) is 11.6 Å². The van der Waals surface area contributed by atoms with E-state index in [0.29, 0.717) is 12.1 Å². The smallest absolute Gasteiger partial charge is 0.336 e. The Hall–Kier alpha value is -2.07. The lowest BCUT2D eigenvalue weighted by Crippen LogP contribution is -2.03. The second-order valence-corrected chi connectivity index (χ2v) is 4.99. The zero-order valence-corrected chi connectivity index (χ0v) is 11.7. The van der Waals surface area contributed by atoms with Crippen molar-refractivity contribution in [3.05, 3.63) is 45.5 Å². The number of aryl methyl sites for hydroxylation is 2. The molecule has 2 N–H and O–H groups in total. The Balaban J connectivity index is 2.39. The van der Waals surface area contributed by atoms with Crippen LogP contribution < -0.4 is 11.4 Å². The molecule has 0 amide bonds. The summed E-state index contributed by atoms with van der Waals surface area (Å²) in [6.45, 7) is 4.57. The summed E-state index contributed by atoms with van der Waals surface area (Å²) in [6, 6.07) is 5.37. The standard InChI is InChI=1S/C16H17NO3/c1-3-10-12-7-11-9(2)6-16(18)20-14(11)8-15(12)19-13(10)4-5-17/h6-8H,3-5,17H2,1-2H3. The highest BCUT2D eigenvalue weighted by Gasteiger charge is 2.14. The lowest BCUT2D eigenvalue weighted by molar-refractivity contribution is 0.539. The van der Waals surface area contributed by atoms with Crippen LogP contribution in [0.3, 0.4) is 0 Å². The molecule has 1 aromatic carbocycles. The third-order valence-electron chi connectivity index (χ3n) is 3.67. The van der Waals surface area contributed by atoms with Crippen LogP contribution in [-0.2, 0) is 12.8 Å². The summed E-state index contributed by atoms with van der Waals surface area (Å²) in [5, 5.41) is 2.03. The van der Waals surface area contributed by atoms with Crippen molar-refractivity contribution < 1.29 is 8.83 Å². The van der Waals surface area contributed by atoms with E-state index in [1.54, 1.807) is 6.07 Å². The summed E-state index contributed by atoms with van der Waals surface area (Å²) >= 11 is 0. The number of rotatable bonds is 3. The highest BCUT2D eigenvalue weighted by molar-refractivity contribution is 5.96. The van der Waals surface area contributed by atoms with Crippen LogP contribution in [0.4, 0.5) is 0 Å². The topological polar surface area (TPSA) is 69.4 Å². The van der Waals surface area contributed by atoms with Crippen molar-refractivity contribution in [2.24, 2.45) is 5.73 Å². The zero-order valence-electron chi connectivity index (χ0n) is 11.7. The molecule has 0 aliphatic carbocycles. The summed E-state index contributed by atoms with van der Waals surface area (Å²) in [6.07, 6.45) is 1.61. The Bertz CT molecular complexity index is 842. The molecular weight excluding hydrogens is 254 g/mol. The molecule has 0 fully saturated rings. The number of furan rings is 1. The van der Waals surface area contributed by atoms with Crippen LogP contribution in [0.2, 0.25) is 0 Å². The molecule has 0 bridgehead atoms. The van der Waals surface area contributed by atoms with Gasteiger partial charge in [-0.3, -0.25) is 0 Å². The molecule has 4 nitrogen and oxygen atoms in total. The van der Waals surface area contributed by atoms with Crippen LogP contribution in [0.15, 0.2) is 31.8 Å². The molecule has 0 radical (unpaired) electrons. The van der Waals surface area contributed by atoms with Gasteiger partial charge in [-0.15, -0.1) is 0 Å². The third kappa shape index (κ3) is 1.93. The first kappa shape index (κ1) is 12.9. The van der Waals surface area contributed by atoms with Crippen molar-refractivity contribution in [1.29, 1.82) is 0 Å². The van der Waals surface area contributed by atoms with E-state index in [4.69, 9.17) is 14.6 Å². The molecule has 3 rings (SSSR count). The highest BCUT2D eigenvalue weighted by Crippen LogP contribution is 2.31. The average molecular weight is 271 g/mol. The average Bonchev–Trinajstić information content (AvgIpc) is 2.73. The SMILES string of the molecule is CCc1c(CCN)oc2cc3oc(=O)cc(C)c3cc12. The number of hydrogen-bond acceptors (Lipinski definition) is 4. The van der Waals surface area contributed by atoms with Gasteiger partial charge in [0.25, 0.3) is 0 Å².